The first kappa shape index (κ1) is 24.8. The Bertz CT molecular complexity index is 980. The maximum Gasteiger partial charge on any atom is 0.409 e. The Morgan fingerprint density at radius 2 is 1.51 bits per heavy atom. The van der Waals surface area contributed by atoms with Crippen molar-refractivity contribution in [2.24, 2.45) is 5.92 Å². The van der Waals surface area contributed by atoms with Gasteiger partial charge in [-0.2, -0.15) is 0 Å². The number of hydrogen-bond donors (Lipinski definition) is 0. The minimum Gasteiger partial charge on any atom is -0.490 e. The Balaban J connectivity index is 1.21. The van der Waals surface area contributed by atoms with Crippen molar-refractivity contribution in [2.75, 3.05) is 50.8 Å². The molecule has 7 nitrogen and oxygen atoms in total. The van der Waals surface area contributed by atoms with Gasteiger partial charge in [0.2, 0.25) is 0 Å². The number of amides is 2. The molecule has 0 saturated carbocycles. The van der Waals surface area contributed by atoms with Crippen LogP contribution in [0.25, 0.3) is 0 Å². The SMILES string of the molecule is CC(C)COC(=O)N1CCC(Oc2ccc(N3CCN(C(=O)c4ccc(F)cc4)CC3)cc2)CC1. The fourth-order valence-electron chi connectivity index (χ4n) is 4.36. The summed E-state index contributed by atoms with van der Waals surface area (Å²) in [7, 11) is 0. The molecular formula is C27H34FN3O4. The second kappa shape index (κ2) is 11.4. The fourth-order valence-corrected chi connectivity index (χ4v) is 4.36. The highest BCUT2D eigenvalue weighted by molar-refractivity contribution is 5.94. The molecule has 35 heavy (non-hydrogen) atoms. The van der Waals surface area contributed by atoms with Gasteiger partial charge in [0.1, 0.15) is 17.7 Å². The van der Waals surface area contributed by atoms with E-state index in [0.717, 1.165) is 37.4 Å². The van der Waals surface area contributed by atoms with E-state index in [1.807, 2.05) is 43.0 Å². The third-order valence-electron chi connectivity index (χ3n) is 6.40. The predicted molar refractivity (Wildman–Crippen MR) is 132 cm³/mol. The number of carbonyl (C=O) groups is 2. The van der Waals surface area contributed by atoms with Crippen LogP contribution < -0.4 is 9.64 Å². The highest BCUT2D eigenvalue weighted by Gasteiger charge is 2.26. The van der Waals surface area contributed by atoms with Gasteiger partial charge in [0.15, 0.2) is 0 Å². The summed E-state index contributed by atoms with van der Waals surface area (Å²) in [6.45, 7) is 8.48. The Kier molecular flexibility index (Phi) is 8.10. The first-order chi connectivity index (χ1) is 16.9. The second-order valence-electron chi connectivity index (χ2n) is 9.56. The Labute approximate surface area is 206 Å². The van der Waals surface area contributed by atoms with Crippen molar-refractivity contribution in [1.29, 1.82) is 0 Å². The number of likely N-dealkylation sites (tertiary alicyclic amines) is 1. The van der Waals surface area contributed by atoms with Crippen molar-refractivity contribution in [3.05, 3.63) is 59.9 Å². The lowest BCUT2D eigenvalue weighted by Gasteiger charge is -2.36. The Morgan fingerprint density at radius 3 is 2.11 bits per heavy atom. The van der Waals surface area contributed by atoms with Crippen molar-refractivity contribution < 1.29 is 23.5 Å². The summed E-state index contributed by atoms with van der Waals surface area (Å²) in [4.78, 5) is 30.6. The number of halogens is 1. The van der Waals surface area contributed by atoms with E-state index in [1.54, 1.807) is 4.90 Å². The van der Waals surface area contributed by atoms with Crippen LogP contribution in [0.1, 0.15) is 37.0 Å². The van der Waals surface area contributed by atoms with E-state index in [1.165, 1.54) is 24.3 Å². The molecule has 0 unspecified atom stereocenters. The topological polar surface area (TPSA) is 62.3 Å². The van der Waals surface area contributed by atoms with E-state index in [4.69, 9.17) is 9.47 Å². The lowest BCUT2D eigenvalue weighted by atomic mass is 10.1. The first-order valence-electron chi connectivity index (χ1n) is 12.4. The van der Waals surface area contributed by atoms with Gasteiger partial charge in [0.05, 0.1) is 6.61 Å². The molecule has 2 amide bonds. The number of carbonyl (C=O) groups excluding carboxylic acids is 2. The summed E-state index contributed by atoms with van der Waals surface area (Å²) in [6.07, 6.45) is 1.41. The molecule has 0 radical (unpaired) electrons. The summed E-state index contributed by atoms with van der Waals surface area (Å²) in [5.74, 6) is 0.744. The molecular weight excluding hydrogens is 449 g/mol. The Morgan fingerprint density at radius 1 is 0.886 bits per heavy atom. The van der Waals surface area contributed by atoms with Crippen molar-refractivity contribution in [3.63, 3.8) is 0 Å². The highest BCUT2D eigenvalue weighted by atomic mass is 19.1. The molecule has 0 N–H and O–H groups in total. The van der Waals surface area contributed by atoms with Crippen LogP contribution in [0.4, 0.5) is 14.9 Å². The van der Waals surface area contributed by atoms with Crippen molar-refractivity contribution in [1.82, 2.24) is 9.80 Å². The van der Waals surface area contributed by atoms with E-state index in [0.29, 0.717) is 44.3 Å². The van der Waals surface area contributed by atoms with Crippen LogP contribution >= 0.6 is 0 Å². The van der Waals surface area contributed by atoms with E-state index in [-0.39, 0.29) is 23.9 Å². The van der Waals surface area contributed by atoms with Crippen LogP contribution in [0, 0.1) is 11.7 Å². The van der Waals surface area contributed by atoms with Gasteiger partial charge in [0, 0.05) is 63.4 Å². The number of piperidine rings is 1. The molecule has 2 fully saturated rings. The predicted octanol–water partition coefficient (Wildman–Crippen LogP) is 4.42. The zero-order valence-corrected chi connectivity index (χ0v) is 20.5. The van der Waals surface area contributed by atoms with Gasteiger partial charge in [0.25, 0.3) is 5.91 Å². The molecule has 2 aliphatic heterocycles. The molecule has 0 bridgehead atoms. The average molecular weight is 484 g/mol. The maximum atomic E-state index is 13.1. The molecule has 0 aliphatic carbocycles. The van der Waals surface area contributed by atoms with Crippen LogP contribution in [0.2, 0.25) is 0 Å². The van der Waals surface area contributed by atoms with Crippen LogP contribution in [-0.4, -0.2) is 73.8 Å². The standard InChI is InChI=1S/C27H34FN3O4/c1-20(2)19-34-27(33)31-13-11-25(12-14-31)35-24-9-7-23(8-10-24)29-15-17-30(18-16-29)26(32)21-3-5-22(28)6-4-21/h3-10,20,25H,11-19H2,1-2H3. The average Bonchev–Trinajstić information content (AvgIpc) is 2.88. The van der Waals surface area contributed by atoms with Gasteiger partial charge in [-0.1, -0.05) is 13.8 Å². The van der Waals surface area contributed by atoms with Crippen LogP contribution in [0.3, 0.4) is 0 Å². The fraction of sp³-hybridized carbons (Fsp3) is 0.481. The van der Waals surface area contributed by atoms with E-state index >= 15 is 0 Å². The molecule has 2 heterocycles. The van der Waals surface area contributed by atoms with E-state index < -0.39 is 0 Å². The molecule has 0 spiro atoms. The lowest BCUT2D eigenvalue weighted by Crippen LogP contribution is -2.48. The summed E-state index contributed by atoms with van der Waals surface area (Å²) in [5.41, 5.74) is 1.61. The van der Waals surface area contributed by atoms with Gasteiger partial charge in [-0.25, -0.2) is 9.18 Å². The Hall–Kier alpha value is -3.29. The van der Waals surface area contributed by atoms with Crippen molar-refractivity contribution in [3.8, 4) is 5.75 Å². The molecule has 4 rings (SSSR count). The molecule has 8 heteroatoms. The van der Waals surface area contributed by atoms with Gasteiger partial charge >= 0.3 is 6.09 Å². The molecule has 0 aromatic heterocycles. The summed E-state index contributed by atoms with van der Waals surface area (Å²) in [6, 6.07) is 13.8. The van der Waals surface area contributed by atoms with E-state index in [2.05, 4.69) is 4.90 Å². The van der Waals surface area contributed by atoms with Gasteiger partial charge in [-0.05, 0) is 54.4 Å². The summed E-state index contributed by atoms with van der Waals surface area (Å²) >= 11 is 0. The van der Waals surface area contributed by atoms with Gasteiger partial charge < -0.3 is 24.2 Å². The maximum absolute atomic E-state index is 13.1. The van der Waals surface area contributed by atoms with Gasteiger partial charge in [-0.3, -0.25) is 4.79 Å². The molecule has 0 atom stereocenters. The van der Waals surface area contributed by atoms with Crippen LogP contribution in [0.15, 0.2) is 48.5 Å². The lowest BCUT2D eigenvalue weighted by molar-refractivity contribution is 0.0618. The molecule has 2 saturated heterocycles. The smallest absolute Gasteiger partial charge is 0.409 e. The summed E-state index contributed by atoms with van der Waals surface area (Å²) < 4.78 is 24.6. The van der Waals surface area contributed by atoms with Crippen molar-refractivity contribution >= 4 is 17.7 Å². The number of nitrogens with zero attached hydrogens (tertiary/aromatic N) is 3. The normalized spacial score (nSPS) is 17.0. The quantitative estimate of drug-likeness (QED) is 0.609. The largest absolute Gasteiger partial charge is 0.490 e. The minimum atomic E-state index is -0.342. The molecule has 2 aromatic rings. The number of rotatable bonds is 6. The van der Waals surface area contributed by atoms with E-state index in [9.17, 15) is 14.0 Å². The first-order valence-corrected chi connectivity index (χ1v) is 12.4. The summed E-state index contributed by atoms with van der Waals surface area (Å²) in [5, 5.41) is 0. The minimum absolute atomic E-state index is 0.0624. The number of ether oxygens (including phenoxy) is 2. The zero-order valence-electron chi connectivity index (χ0n) is 20.5. The third kappa shape index (κ3) is 6.65. The molecule has 2 aliphatic rings. The third-order valence-corrected chi connectivity index (χ3v) is 6.40. The molecule has 2 aromatic carbocycles. The number of benzene rings is 2. The number of hydrogen-bond acceptors (Lipinski definition) is 5. The van der Waals surface area contributed by atoms with Crippen molar-refractivity contribution in [2.45, 2.75) is 32.8 Å². The second-order valence-corrected chi connectivity index (χ2v) is 9.56. The highest BCUT2D eigenvalue weighted by Crippen LogP contribution is 2.24. The number of piperazine rings is 1. The zero-order chi connectivity index (χ0) is 24.8. The monoisotopic (exact) mass is 483 g/mol. The van der Waals surface area contributed by atoms with Crippen LogP contribution in [0.5, 0.6) is 5.75 Å². The van der Waals surface area contributed by atoms with Gasteiger partial charge in [-0.15, -0.1) is 0 Å². The molecule has 188 valence electrons. The van der Waals surface area contributed by atoms with Crippen LogP contribution in [-0.2, 0) is 4.74 Å². The number of anilines is 1.